The Balaban J connectivity index is 2.41. The van der Waals surface area contributed by atoms with E-state index in [1.54, 1.807) is 19.1 Å². The molecule has 0 saturated carbocycles. The van der Waals surface area contributed by atoms with E-state index in [9.17, 15) is 9.70 Å². The third-order valence-electron chi connectivity index (χ3n) is 2.22. The average molecular weight is 203 g/mol. The SMILES string of the molecule is CC1=NC(=O)C(N=O)N1c1ccccc1. The van der Waals surface area contributed by atoms with Crippen LogP contribution in [0.4, 0.5) is 5.69 Å². The summed E-state index contributed by atoms with van der Waals surface area (Å²) in [7, 11) is 0. The number of amides is 1. The molecule has 0 aromatic heterocycles. The molecule has 1 aromatic rings. The van der Waals surface area contributed by atoms with E-state index in [0.29, 0.717) is 5.84 Å². The molecule has 1 atom stereocenters. The molecule has 0 bridgehead atoms. The fraction of sp³-hybridized carbons (Fsp3) is 0.200. The van der Waals surface area contributed by atoms with Gasteiger partial charge in [0.05, 0.1) is 0 Å². The van der Waals surface area contributed by atoms with E-state index in [-0.39, 0.29) is 0 Å². The fourth-order valence-corrected chi connectivity index (χ4v) is 1.57. The lowest BCUT2D eigenvalue weighted by Gasteiger charge is -2.20. The number of hydrogen-bond acceptors (Lipinski definition) is 4. The van der Waals surface area contributed by atoms with Gasteiger partial charge in [-0.2, -0.15) is 4.99 Å². The van der Waals surface area contributed by atoms with Crippen molar-refractivity contribution in [1.29, 1.82) is 0 Å². The van der Waals surface area contributed by atoms with Gasteiger partial charge in [-0.25, -0.2) is 0 Å². The zero-order chi connectivity index (χ0) is 10.8. The highest BCUT2D eigenvalue weighted by Crippen LogP contribution is 2.22. The molecular formula is C10H9N3O2. The van der Waals surface area contributed by atoms with Gasteiger partial charge in [-0.15, -0.1) is 4.91 Å². The van der Waals surface area contributed by atoms with Crippen molar-refractivity contribution in [2.75, 3.05) is 4.90 Å². The minimum absolute atomic E-state index is 0.496. The van der Waals surface area contributed by atoms with Crippen LogP contribution in [-0.4, -0.2) is 17.9 Å². The van der Waals surface area contributed by atoms with Gasteiger partial charge in [-0.05, 0) is 24.2 Å². The number of anilines is 1. The van der Waals surface area contributed by atoms with E-state index >= 15 is 0 Å². The first kappa shape index (κ1) is 9.51. The maximum absolute atomic E-state index is 11.3. The number of rotatable bonds is 2. The van der Waals surface area contributed by atoms with Crippen molar-refractivity contribution in [1.82, 2.24) is 0 Å². The third kappa shape index (κ3) is 1.52. The molecule has 2 rings (SSSR count). The number of carbonyl (C=O) groups is 1. The summed E-state index contributed by atoms with van der Waals surface area (Å²) in [4.78, 5) is 27.1. The molecule has 0 N–H and O–H groups in total. The fourth-order valence-electron chi connectivity index (χ4n) is 1.57. The van der Waals surface area contributed by atoms with Gasteiger partial charge < -0.3 is 0 Å². The second-order valence-electron chi connectivity index (χ2n) is 3.18. The zero-order valence-corrected chi connectivity index (χ0v) is 8.12. The first-order valence-corrected chi connectivity index (χ1v) is 4.50. The molecule has 0 spiro atoms. The number of carbonyl (C=O) groups excluding carboxylic acids is 1. The predicted molar refractivity (Wildman–Crippen MR) is 56.6 cm³/mol. The number of benzene rings is 1. The molecule has 1 aromatic carbocycles. The first-order chi connectivity index (χ1) is 7.24. The van der Waals surface area contributed by atoms with E-state index in [0.717, 1.165) is 5.69 Å². The second kappa shape index (κ2) is 3.61. The summed E-state index contributed by atoms with van der Waals surface area (Å²) in [6.07, 6.45) is -1.05. The number of amidine groups is 1. The van der Waals surface area contributed by atoms with Crippen LogP contribution in [0.25, 0.3) is 0 Å². The number of nitrogens with zero attached hydrogens (tertiary/aromatic N) is 3. The Morgan fingerprint density at radius 2 is 2.00 bits per heavy atom. The van der Waals surface area contributed by atoms with Crippen molar-refractivity contribution in [3.05, 3.63) is 35.2 Å². The molecule has 5 nitrogen and oxygen atoms in total. The van der Waals surface area contributed by atoms with Crippen molar-refractivity contribution in [3.8, 4) is 0 Å². The molecule has 76 valence electrons. The number of hydrogen-bond donors (Lipinski definition) is 0. The molecule has 1 heterocycles. The standard InChI is InChI=1S/C10H9N3O2/c1-7-11-10(14)9(12-15)13(7)8-5-3-2-4-6-8/h2-6,9H,1H3. The van der Waals surface area contributed by atoms with Crippen LogP contribution < -0.4 is 4.90 Å². The van der Waals surface area contributed by atoms with Crippen LogP contribution in [0.1, 0.15) is 6.92 Å². The van der Waals surface area contributed by atoms with Crippen LogP contribution in [0.2, 0.25) is 0 Å². The van der Waals surface area contributed by atoms with Crippen molar-refractivity contribution < 1.29 is 4.79 Å². The highest BCUT2D eigenvalue weighted by molar-refractivity contribution is 6.13. The normalized spacial score (nSPS) is 20.3. The number of para-hydroxylation sites is 1. The topological polar surface area (TPSA) is 62.1 Å². The van der Waals surface area contributed by atoms with E-state index in [1.807, 2.05) is 18.2 Å². The van der Waals surface area contributed by atoms with E-state index < -0.39 is 12.1 Å². The van der Waals surface area contributed by atoms with E-state index in [2.05, 4.69) is 10.2 Å². The van der Waals surface area contributed by atoms with Crippen LogP contribution >= 0.6 is 0 Å². The Morgan fingerprint density at radius 1 is 1.33 bits per heavy atom. The first-order valence-electron chi connectivity index (χ1n) is 4.50. The van der Waals surface area contributed by atoms with Gasteiger partial charge in [-0.1, -0.05) is 18.2 Å². The Bertz CT molecular complexity index is 428. The Hall–Kier alpha value is -2.04. The van der Waals surface area contributed by atoms with Gasteiger partial charge in [0.25, 0.3) is 5.91 Å². The van der Waals surface area contributed by atoms with Gasteiger partial charge in [0, 0.05) is 5.69 Å². The van der Waals surface area contributed by atoms with Crippen molar-refractivity contribution >= 4 is 17.4 Å². The maximum atomic E-state index is 11.3. The van der Waals surface area contributed by atoms with Gasteiger partial charge in [-0.3, -0.25) is 9.69 Å². The smallest absolute Gasteiger partial charge is 0.296 e. The summed E-state index contributed by atoms with van der Waals surface area (Å²) in [5, 5.41) is 2.79. The summed E-state index contributed by atoms with van der Waals surface area (Å²) >= 11 is 0. The monoisotopic (exact) mass is 203 g/mol. The molecule has 1 aliphatic heterocycles. The van der Waals surface area contributed by atoms with E-state index in [1.165, 1.54) is 4.90 Å². The zero-order valence-electron chi connectivity index (χ0n) is 8.12. The summed E-state index contributed by atoms with van der Waals surface area (Å²) in [5.74, 6) is -0.0119. The van der Waals surface area contributed by atoms with Gasteiger partial charge in [0.15, 0.2) is 0 Å². The van der Waals surface area contributed by atoms with Gasteiger partial charge >= 0.3 is 0 Å². The Kier molecular flexibility index (Phi) is 2.29. The van der Waals surface area contributed by atoms with Gasteiger partial charge in [0.1, 0.15) is 5.84 Å². The lowest BCUT2D eigenvalue weighted by atomic mass is 10.2. The molecule has 0 saturated heterocycles. The summed E-state index contributed by atoms with van der Waals surface area (Å²) in [5.41, 5.74) is 0.745. The van der Waals surface area contributed by atoms with Crippen LogP contribution in [-0.2, 0) is 4.79 Å². The Morgan fingerprint density at radius 3 is 2.60 bits per heavy atom. The van der Waals surface area contributed by atoms with E-state index in [4.69, 9.17) is 0 Å². The average Bonchev–Trinajstić information content (AvgIpc) is 2.54. The number of aliphatic imine (C=N–C) groups is 1. The van der Waals surface area contributed by atoms with Gasteiger partial charge in [0.2, 0.25) is 6.17 Å². The van der Waals surface area contributed by atoms with Crippen molar-refractivity contribution in [2.24, 2.45) is 10.2 Å². The summed E-state index contributed by atoms with van der Waals surface area (Å²) in [6.45, 7) is 1.68. The second-order valence-corrected chi connectivity index (χ2v) is 3.18. The maximum Gasteiger partial charge on any atom is 0.296 e. The molecule has 5 heteroatoms. The van der Waals surface area contributed by atoms with Crippen molar-refractivity contribution in [3.63, 3.8) is 0 Å². The molecule has 0 aliphatic carbocycles. The minimum atomic E-state index is -1.05. The van der Waals surface area contributed by atoms with Crippen LogP contribution in [0, 0.1) is 4.91 Å². The highest BCUT2D eigenvalue weighted by atomic mass is 16.3. The third-order valence-corrected chi connectivity index (χ3v) is 2.22. The minimum Gasteiger partial charge on any atom is -0.296 e. The molecular weight excluding hydrogens is 194 g/mol. The van der Waals surface area contributed by atoms with Crippen molar-refractivity contribution in [2.45, 2.75) is 13.1 Å². The van der Waals surface area contributed by atoms with Crippen LogP contribution in [0.5, 0.6) is 0 Å². The number of nitroso groups, excluding NO2 is 1. The van der Waals surface area contributed by atoms with Crippen LogP contribution in [0.15, 0.2) is 40.5 Å². The lowest BCUT2D eigenvalue weighted by molar-refractivity contribution is -0.118. The molecule has 0 radical (unpaired) electrons. The highest BCUT2D eigenvalue weighted by Gasteiger charge is 2.34. The largest absolute Gasteiger partial charge is 0.296 e. The lowest BCUT2D eigenvalue weighted by Crippen LogP contribution is -2.35. The molecule has 1 amide bonds. The molecule has 1 aliphatic rings. The summed E-state index contributed by atoms with van der Waals surface area (Å²) < 4.78 is 0. The summed E-state index contributed by atoms with van der Waals surface area (Å²) in [6, 6.07) is 9.11. The molecule has 0 fully saturated rings. The predicted octanol–water partition coefficient (Wildman–Crippen LogP) is 1.54. The molecule has 15 heavy (non-hydrogen) atoms. The molecule has 1 unspecified atom stereocenters. The quantitative estimate of drug-likeness (QED) is 0.685. The Labute approximate surface area is 86.4 Å². The van der Waals surface area contributed by atoms with Crippen LogP contribution in [0.3, 0.4) is 0 Å².